The SMILES string of the molecule is CCOc1ccc(CCNC(=O)COC(=O)c2cc(NC(C)=O)cc(NC(C)=O)c2)cc1OCC. The second kappa shape index (κ2) is 13.6. The van der Waals surface area contributed by atoms with E-state index in [1.165, 1.54) is 32.0 Å². The van der Waals surface area contributed by atoms with Gasteiger partial charge < -0.3 is 30.2 Å². The zero-order valence-corrected chi connectivity index (χ0v) is 20.4. The van der Waals surface area contributed by atoms with Crippen LogP contribution in [0.25, 0.3) is 0 Å². The fourth-order valence-corrected chi connectivity index (χ4v) is 3.16. The quantitative estimate of drug-likeness (QED) is 0.394. The standard InChI is InChI=1S/C25H31N3O7/c1-5-33-22-8-7-18(11-23(22)34-6-2)9-10-26-24(31)15-35-25(32)19-12-20(27-16(3)29)14-21(13-19)28-17(4)30/h7-8,11-14H,5-6,9-10,15H2,1-4H3,(H,26,31)(H,27,29)(H,28,30). The largest absolute Gasteiger partial charge is 0.490 e. The van der Waals surface area contributed by atoms with Gasteiger partial charge in [-0.1, -0.05) is 6.07 Å². The molecule has 0 saturated carbocycles. The molecule has 3 amide bonds. The molecule has 0 aliphatic heterocycles. The van der Waals surface area contributed by atoms with Crippen molar-refractivity contribution in [2.24, 2.45) is 0 Å². The topological polar surface area (TPSA) is 132 Å². The second-order valence-corrected chi connectivity index (χ2v) is 7.48. The molecular weight excluding hydrogens is 454 g/mol. The molecule has 0 unspecified atom stereocenters. The number of nitrogens with one attached hydrogen (secondary N) is 3. The minimum Gasteiger partial charge on any atom is -0.490 e. The van der Waals surface area contributed by atoms with Crippen molar-refractivity contribution < 1.29 is 33.4 Å². The van der Waals surface area contributed by atoms with Crippen molar-refractivity contribution in [3.63, 3.8) is 0 Å². The summed E-state index contributed by atoms with van der Waals surface area (Å²) in [7, 11) is 0. The summed E-state index contributed by atoms with van der Waals surface area (Å²) in [6, 6.07) is 9.90. The highest BCUT2D eigenvalue weighted by Gasteiger charge is 2.14. The molecule has 10 nitrogen and oxygen atoms in total. The van der Waals surface area contributed by atoms with Crippen molar-refractivity contribution in [1.82, 2.24) is 5.32 Å². The van der Waals surface area contributed by atoms with Gasteiger partial charge in [-0.25, -0.2) is 4.79 Å². The van der Waals surface area contributed by atoms with Crippen LogP contribution in [-0.4, -0.2) is 50.1 Å². The van der Waals surface area contributed by atoms with Gasteiger partial charge in [0.2, 0.25) is 11.8 Å². The smallest absolute Gasteiger partial charge is 0.338 e. The van der Waals surface area contributed by atoms with Crippen LogP contribution in [-0.2, 0) is 25.5 Å². The van der Waals surface area contributed by atoms with Crippen molar-refractivity contribution in [3.8, 4) is 11.5 Å². The lowest BCUT2D eigenvalue weighted by atomic mass is 10.1. The predicted molar refractivity (Wildman–Crippen MR) is 131 cm³/mol. The van der Waals surface area contributed by atoms with Crippen molar-refractivity contribution in [1.29, 1.82) is 0 Å². The van der Waals surface area contributed by atoms with Crippen molar-refractivity contribution in [2.75, 3.05) is 37.0 Å². The molecule has 0 heterocycles. The lowest BCUT2D eigenvalue weighted by Gasteiger charge is -2.13. The Morgan fingerprint density at radius 3 is 1.97 bits per heavy atom. The van der Waals surface area contributed by atoms with Crippen LogP contribution in [0.3, 0.4) is 0 Å². The number of carbonyl (C=O) groups is 4. The number of ether oxygens (including phenoxy) is 3. The van der Waals surface area contributed by atoms with Gasteiger partial charge in [-0.15, -0.1) is 0 Å². The Morgan fingerprint density at radius 1 is 0.800 bits per heavy atom. The predicted octanol–water partition coefficient (Wildman–Crippen LogP) is 2.92. The van der Waals surface area contributed by atoms with Gasteiger partial charge in [0.05, 0.1) is 18.8 Å². The number of amides is 3. The van der Waals surface area contributed by atoms with E-state index in [1.54, 1.807) is 0 Å². The number of carbonyl (C=O) groups excluding carboxylic acids is 4. The summed E-state index contributed by atoms with van der Waals surface area (Å²) in [6.45, 7) is 7.31. The molecule has 35 heavy (non-hydrogen) atoms. The fraction of sp³-hybridized carbons (Fsp3) is 0.360. The molecule has 0 radical (unpaired) electrons. The first kappa shape index (κ1) is 27.2. The maximum Gasteiger partial charge on any atom is 0.338 e. The van der Waals surface area contributed by atoms with E-state index in [9.17, 15) is 19.2 Å². The third-order valence-electron chi connectivity index (χ3n) is 4.49. The first-order chi connectivity index (χ1) is 16.7. The summed E-state index contributed by atoms with van der Waals surface area (Å²) < 4.78 is 16.2. The summed E-state index contributed by atoms with van der Waals surface area (Å²) >= 11 is 0. The molecule has 10 heteroatoms. The van der Waals surface area contributed by atoms with Crippen LogP contribution in [0.15, 0.2) is 36.4 Å². The Hall–Kier alpha value is -4.08. The lowest BCUT2D eigenvalue weighted by molar-refractivity contribution is -0.124. The Labute approximate surface area is 204 Å². The number of hydrogen-bond acceptors (Lipinski definition) is 7. The van der Waals surface area contributed by atoms with Gasteiger partial charge in [-0.3, -0.25) is 14.4 Å². The van der Waals surface area contributed by atoms with E-state index >= 15 is 0 Å². The molecule has 0 atom stereocenters. The van der Waals surface area contributed by atoms with Crippen LogP contribution in [0.1, 0.15) is 43.6 Å². The normalized spacial score (nSPS) is 10.2. The van der Waals surface area contributed by atoms with Crippen LogP contribution < -0.4 is 25.4 Å². The highest BCUT2D eigenvalue weighted by atomic mass is 16.5. The summed E-state index contributed by atoms with van der Waals surface area (Å²) in [5, 5.41) is 7.80. The van der Waals surface area contributed by atoms with E-state index in [2.05, 4.69) is 16.0 Å². The van der Waals surface area contributed by atoms with E-state index in [0.29, 0.717) is 49.1 Å². The fourth-order valence-electron chi connectivity index (χ4n) is 3.16. The molecule has 0 aromatic heterocycles. The van der Waals surface area contributed by atoms with Crippen LogP contribution >= 0.6 is 0 Å². The minimum absolute atomic E-state index is 0.0747. The van der Waals surface area contributed by atoms with Crippen molar-refractivity contribution in [2.45, 2.75) is 34.1 Å². The summed E-state index contributed by atoms with van der Waals surface area (Å²) in [4.78, 5) is 47.3. The molecule has 0 aliphatic carbocycles. The molecule has 2 aromatic rings. The molecule has 3 N–H and O–H groups in total. The molecule has 0 fully saturated rings. The van der Waals surface area contributed by atoms with E-state index in [0.717, 1.165) is 5.56 Å². The third-order valence-corrected chi connectivity index (χ3v) is 4.49. The number of rotatable bonds is 12. The Bertz CT molecular complexity index is 1030. The molecule has 2 rings (SSSR count). The van der Waals surface area contributed by atoms with Gasteiger partial charge in [-0.05, 0) is 56.2 Å². The molecule has 188 valence electrons. The summed E-state index contributed by atoms with van der Waals surface area (Å²) in [5.41, 5.74) is 1.64. The van der Waals surface area contributed by atoms with Crippen LogP contribution in [0, 0.1) is 0 Å². The number of esters is 1. The molecule has 0 aliphatic rings. The number of hydrogen-bond donors (Lipinski definition) is 3. The molecule has 0 spiro atoms. The van der Waals surface area contributed by atoms with E-state index in [4.69, 9.17) is 14.2 Å². The van der Waals surface area contributed by atoms with E-state index < -0.39 is 18.5 Å². The zero-order valence-electron chi connectivity index (χ0n) is 20.4. The number of anilines is 2. The Balaban J connectivity index is 1.91. The number of benzene rings is 2. The highest BCUT2D eigenvalue weighted by Crippen LogP contribution is 2.28. The van der Waals surface area contributed by atoms with Gasteiger partial charge in [0, 0.05) is 31.8 Å². The molecule has 0 bridgehead atoms. The first-order valence-corrected chi connectivity index (χ1v) is 11.2. The monoisotopic (exact) mass is 485 g/mol. The van der Waals surface area contributed by atoms with E-state index in [-0.39, 0.29) is 17.4 Å². The molecule has 0 saturated heterocycles. The molecule has 2 aromatic carbocycles. The Kier molecular flexibility index (Phi) is 10.5. The maximum atomic E-state index is 12.5. The van der Waals surface area contributed by atoms with Gasteiger partial charge in [0.25, 0.3) is 5.91 Å². The lowest BCUT2D eigenvalue weighted by Crippen LogP contribution is -2.30. The third kappa shape index (κ3) is 9.36. The minimum atomic E-state index is -0.771. The highest BCUT2D eigenvalue weighted by molar-refractivity contribution is 5.98. The Morgan fingerprint density at radius 2 is 1.40 bits per heavy atom. The average molecular weight is 486 g/mol. The van der Waals surface area contributed by atoms with Crippen molar-refractivity contribution >= 4 is 35.1 Å². The maximum absolute atomic E-state index is 12.5. The summed E-state index contributed by atoms with van der Waals surface area (Å²) in [5.74, 6) is -0.610. The molecular formula is C25H31N3O7. The second-order valence-electron chi connectivity index (χ2n) is 7.48. The zero-order chi connectivity index (χ0) is 25.8. The van der Waals surface area contributed by atoms with Gasteiger partial charge >= 0.3 is 5.97 Å². The van der Waals surface area contributed by atoms with Crippen molar-refractivity contribution in [3.05, 3.63) is 47.5 Å². The van der Waals surface area contributed by atoms with Gasteiger partial charge in [0.15, 0.2) is 18.1 Å². The van der Waals surface area contributed by atoms with Crippen LogP contribution in [0.2, 0.25) is 0 Å². The first-order valence-electron chi connectivity index (χ1n) is 11.2. The average Bonchev–Trinajstić information content (AvgIpc) is 2.78. The van der Waals surface area contributed by atoms with Crippen LogP contribution in [0.4, 0.5) is 11.4 Å². The summed E-state index contributed by atoms with van der Waals surface area (Å²) in [6.07, 6.45) is 0.547. The van der Waals surface area contributed by atoms with Crippen LogP contribution in [0.5, 0.6) is 11.5 Å². The van der Waals surface area contributed by atoms with Gasteiger partial charge in [-0.2, -0.15) is 0 Å². The van der Waals surface area contributed by atoms with Gasteiger partial charge in [0.1, 0.15) is 0 Å². The van der Waals surface area contributed by atoms with E-state index in [1.807, 2.05) is 32.0 Å².